The number of benzene rings is 1. The molecule has 1 atom stereocenters. The van der Waals surface area contributed by atoms with Crippen molar-refractivity contribution in [1.29, 1.82) is 0 Å². The summed E-state index contributed by atoms with van der Waals surface area (Å²) in [6, 6.07) is 9.33. The maximum atomic E-state index is 2.35. The van der Waals surface area contributed by atoms with Crippen LogP contribution in [0.15, 0.2) is 29.2 Å². The van der Waals surface area contributed by atoms with Gasteiger partial charge in [-0.15, -0.1) is 0 Å². The second-order valence-corrected chi connectivity index (χ2v) is 9.81. The summed E-state index contributed by atoms with van der Waals surface area (Å²) in [6.07, 6.45) is 8.28. The zero-order valence-corrected chi connectivity index (χ0v) is 12.4. The summed E-state index contributed by atoms with van der Waals surface area (Å²) >= 11 is 0. The van der Waals surface area contributed by atoms with E-state index in [1.54, 1.807) is 0 Å². The molecule has 0 radical (unpaired) electrons. The molecule has 0 aliphatic rings. The van der Waals surface area contributed by atoms with Gasteiger partial charge in [0.1, 0.15) is 0 Å². The quantitative estimate of drug-likeness (QED) is 0.700. The Morgan fingerprint density at radius 1 is 1.00 bits per heavy atom. The lowest BCUT2D eigenvalue weighted by Gasteiger charge is -2.27. The summed E-state index contributed by atoms with van der Waals surface area (Å²) in [5, 5.41) is 0. The standard InChI is InChI=1S/C15H26S/c1-7-15(12(2)3)13-8-10-14(11-9-13)16(4,5)6/h8-12,15H,7H2,1-6H3. The molecule has 0 N–H and O–H groups in total. The Hall–Kier alpha value is -0.430. The van der Waals surface area contributed by atoms with E-state index in [1.807, 2.05) is 0 Å². The molecule has 0 aromatic heterocycles. The van der Waals surface area contributed by atoms with Crippen molar-refractivity contribution in [3.63, 3.8) is 0 Å². The minimum atomic E-state index is -0.572. The van der Waals surface area contributed by atoms with Crippen LogP contribution in [0.2, 0.25) is 0 Å². The van der Waals surface area contributed by atoms with E-state index in [4.69, 9.17) is 0 Å². The highest BCUT2D eigenvalue weighted by Gasteiger charge is 2.14. The van der Waals surface area contributed by atoms with Crippen LogP contribution in [-0.2, 0) is 0 Å². The van der Waals surface area contributed by atoms with Gasteiger partial charge in [-0.05, 0) is 59.6 Å². The molecule has 1 heteroatoms. The van der Waals surface area contributed by atoms with Crippen LogP contribution in [0, 0.1) is 5.92 Å². The van der Waals surface area contributed by atoms with Crippen molar-refractivity contribution in [2.75, 3.05) is 18.8 Å². The van der Waals surface area contributed by atoms with E-state index in [-0.39, 0.29) is 0 Å². The molecule has 0 nitrogen and oxygen atoms in total. The molecule has 0 heterocycles. The molecule has 0 bridgehead atoms. The Kier molecular flexibility index (Phi) is 4.49. The van der Waals surface area contributed by atoms with E-state index >= 15 is 0 Å². The lowest BCUT2D eigenvalue weighted by atomic mass is 9.86. The van der Waals surface area contributed by atoms with Crippen molar-refractivity contribution in [3.05, 3.63) is 29.8 Å². The predicted octanol–water partition coefficient (Wildman–Crippen LogP) is 4.89. The van der Waals surface area contributed by atoms with Gasteiger partial charge in [0.25, 0.3) is 0 Å². The van der Waals surface area contributed by atoms with Gasteiger partial charge in [-0.25, -0.2) is 10.0 Å². The lowest BCUT2D eigenvalue weighted by molar-refractivity contribution is 0.485. The molecule has 1 rings (SSSR count). The average molecular weight is 238 g/mol. The Bertz CT molecular complexity index is 316. The highest BCUT2D eigenvalue weighted by molar-refractivity contribution is 8.32. The van der Waals surface area contributed by atoms with E-state index in [0.717, 1.165) is 5.92 Å². The summed E-state index contributed by atoms with van der Waals surface area (Å²) in [4.78, 5) is 1.51. The van der Waals surface area contributed by atoms with Crippen LogP contribution in [0.1, 0.15) is 38.7 Å². The van der Waals surface area contributed by atoms with Gasteiger partial charge in [-0.2, -0.15) is 0 Å². The molecule has 0 saturated heterocycles. The normalized spacial score (nSPS) is 15.2. The fraction of sp³-hybridized carbons (Fsp3) is 0.600. The SMILES string of the molecule is CCC(c1ccc(S(C)(C)C)cc1)C(C)C. The Morgan fingerprint density at radius 3 is 1.81 bits per heavy atom. The lowest BCUT2D eigenvalue weighted by Crippen LogP contribution is -2.05. The molecule has 0 amide bonds. The zero-order valence-electron chi connectivity index (χ0n) is 11.6. The van der Waals surface area contributed by atoms with E-state index in [2.05, 4.69) is 63.8 Å². The summed E-state index contributed by atoms with van der Waals surface area (Å²) in [5.74, 6) is 1.45. The van der Waals surface area contributed by atoms with Crippen molar-refractivity contribution in [1.82, 2.24) is 0 Å². The van der Waals surface area contributed by atoms with Gasteiger partial charge in [-0.1, -0.05) is 32.9 Å². The topological polar surface area (TPSA) is 0 Å². The fourth-order valence-corrected chi connectivity index (χ4v) is 3.17. The van der Waals surface area contributed by atoms with E-state index < -0.39 is 10.0 Å². The van der Waals surface area contributed by atoms with Gasteiger partial charge in [0.05, 0.1) is 0 Å². The predicted molar refractivity (Wildman–Crippen MR) is 77.9 cm³/mol. The fourth-order valence-electron chi connectivity index (χ4n) is 2.22. The van der Waals surface area contributed by atoms with Gasteiger partial charge in [-0.3, -0.25) is 0 Å². The molecule has 1 unspecified atom stereocenters. The summed E-state index contributed by atoms with van der Waals surface area (Å²) in [6.45, 7) is 6.92. The van der Waals surface area contributed by atoms with Crippen LogP contribution in [0.3, 0.4) is 0 Å². The monoisotopic (exact) mass is 238 g/mol. The van der Waals surface area contributed by atoms with Gasteiger partial charge < -0.3 is 0 Å². The van der Waals surface area contributed by atoms with Crippen LogP contribution >= 0.6 is 10.0 Å². The third-order valence-electron chi connectivity index (χ3n) is 3.26. The first-order valence-electron chi connectivity index (χ1n) is 6.14. The second kappa shape index (κ2) is 5.27. The first-order valence-corrected chi connectivity index (χ1v) is 9.00. The molecule has 0 spiro atoms. The average Bonchev–Trinajstić information content (AvgIpc) is 2.17. The summed E-state index contributed by atoms with van der Waals surface area (Å²) in [7, 11) is -0.572. The van der Waals surface area contributed by atoms with Crippen molar-refractivity contribution < 1.29 is 0 Å². The Balaban J connectivity index is 2.94. The Labute approximate surface area is 103 Å². The second-order valence-electron chi connectivity index (χ2n) is 5.66. The highest BCUT2D eigenvalue weighted by atomic mass is 32.3. The maximum absolute atomic E-state index is 2.35. The smallest absolute Gasteiger partial charge is 0.0106 e. The van der Waals surface area contributed by atoms with Crippen LogP contribution < -0.4 is 0 Å². The van der Waals surface area contributed by atoms with Crippen molar-refractivity contribution >= 4 is 10.0 Å². The third-order valence-corrected chi connectivity index (χ3v) is 4.95. The molecule has 16 heavy (non-hydrogen) atoms. The Morgan fingerprint density at radius 2 is 1.50 bits per heavy atom. The third kappa shape index (κ3) is 3.28. The molecule has 0 aliphatic heterocycles. The van der Waals surface area contributed by atoms with Gasteiger partial charge >= 0.3 is 0 Å². The van der Waals surface area contributed by atoms with Crippen LogP contribution in [-0.4, -0.2) is 18.8 Å². The molecule has 1 aromatic rings. The van der Waals surface area contributed by atoms with E-state index in [9.17, 15) is 0 Å². The minimum absolute atomic E-state index is 0.572. The molecule has 1 aromatic carbocycles. The van der Waals surface area contributed by atoms with Crippen molar-refractivity contribution in [3.8, 4) is 0 Å². The zero-order chi connectivity index (χ0) is 12.3. The molecule has 0 aliphatic carbocycles. The van der Waals surface area contributed by atoms with Crippen molar-refractivity contribution in [2.24, 2.45) is 5.92 Å². The highest BCUT2D eigenvalue weighted by Crippen LogP contribution is 2.45. The van der Waals surface area contributed by atoms with Crippen LogP contribution in [0.4, 0.5) is 0 Å². The number of rotatable bonds is 4. The first-order chi connectivity index (χ1) is 7.36. The first kappa shape index (κ1) is 13.6. The summed E-state index contributed by atoms with van der Waals surface area (Å²) < 4.78 is 0. The molecule has 0 fully saturated rings. The molecule has 0 saturated carbocycles. The number of hydrogen-bond donors (Lipinski definition) is 0. The van der Waals surface area contributed by atoms with Gasteiger partial charge in [0.2, 0.25) is 0 Å². The molecular weight excluding hydrogens is 212 g/mol. The van der Waals surface area contributed by atoms with Crippen molar-refractivity contribution in [2.45, 2.75) is 38.0 Å². The molecule has 92 valence electrons. The van der Waals surface area contributed by atoms with Gasteiger partial charge in [0.15, 0.2) is 0 Å². The largest absolute Gasteiger partial charge is 0.223 e. The van der Waals surface area contributed by atoms with E-state index in [1.165, 1.54) is 16.9 Å². The van der Waals surface area contributed by atoms with Gasteiger partial charge in [0, 0.05) is 0 Å². The molecular formula is C15H26S. The van der Waals surface area contributed by atoms with Crippen LogP contribution in [0.5, 0.6) is 0 Å². The van der Waals surface area contributed by atoms with E-state index in [0.29, 0.717) is 5.92 Å². The maximum Gasteiger partial charge on any atom is -0.0106 e. The minimum Gasteiger partial charge on any atom is -0.223 e. The number of hydrogen-bond acceptors (Lipinski definition) is 0. The summed E-state index contributed by atoms with van der Waals surface area (Å²) in [5.41, 5.74) is 1.50. The van der Waals surface area contributed by atoms with Crippen LogP contribution in [0.25, 0.3) is 0 Å².